The molecule has 2 heterocycles. The maximum atomic E-state index is 12.5. The van der Waals surface area contributed by atoms with Crippen LogP contribution in [0.25, 0.3) is 0 Å². The molecule has 4 rings (SSSR count). The SMILES string of the molecule is CCCn1cnnc1[C@@H](C)NC(=O)Nc1ccc2c(c1)C(=O)N(C1CC1)C2=O. The number of imide groups is 1. The fraction of sp³-hybridized carbons (Fsp3) is 0.421. The summed E-state index contributed by atoms with van der Waals surface area (Å²) < 4.78 is 1.90. The molecule has 1 fully saturated rings. The summed E-state index contributed by atoms with van der Waals surface area (Å²) in [7, 11) is 0. The standard InChI is InChI=1S/C19H22N6O3/c1-3-8-24-10-20-23-16(24)11(2)21-19(28)22-12-4-7-14-15(9-12)18(27)25(17(14)26)13-5-6-13/h4,7,9-11,13H,3,5-6,8H2,1-2H3,(H2,21,22,28)/t11-/m1/s1. The number of urea groups is 1. The van der Waals surface area contributed by atoms with Crippen molar-refractivity contribution in [3.63, 3.8) is 0 Å². The van der Waals surface area contributed by atoms with Gasteiger partial charge in [-0.05, 0) is 44.4 Å². The van der Waals surface area contributed by atoms with Gasteiger partial charge in [0.15, 0.2) is 5.82 Å². The predicted molar refractivity (Wildman–Crippen MR) is 101 cm³/mol. The monoisotopic (exact) mass is 382 g/mol. The fourth-order valence-electron chi connectivity index (χ4n) is 3.44. The Kier molecular flexibility index (Phi) is 4.58. The van der Waals surface area contributed by atoms with Crippen LogP contribution in [-0.4, -0.2) is 43.6 Å². The number of fused-ring (bicyclic) bond motifs is 1. The van der Waals surface area contributed by atoms with Gasteiger partial charge in [0.05, 0.1) is 17.2 Å². The zero-order valence-corrected chi connectivity index (χ0v) is 15.8. The Balaban J connectivity index is 1.44. The van der Waals surface area contributed by atoms with E-state index in [1.165, 1.54) is 4.90 Å². The molecular formula is C19H22N6O3. The Morgan fingerprint density at radius 2 is 2.00 bits per heavy atom. The second-order valence-electron chi connectivity index (χ2n) is 7.17. The van der Waals surface area contributed by atoms with E-state index in [9.17, 15) is 14.4 Å². The van der Waals surface area contributed by atoms with Crippen molar-refractivity contribution >= 4 is 23.5 Å². The average Bonchev–Trinajstić information content (AvgIpc) is 3.32. The van der Waals surface area contributed by atoms with Crippen LogP contribution in [0.3, 0.4) is 0 Å². The lowest BCUT2D eigenvalue weighted by Crippen LogP contribution is -2.32. The summed E-state index contributed by atoms with van der Waals surface area (Å²) >= 11 is 0. The first-order valence-electron chi connectivity index (χ1n) is 9.46. The molecule has 28 heavy (non-hydrogen) atoms. The number of benzene rings is 1. The van der Waals surface area contributed by atoms with E-state index in [1.807, 2.05) is 11.5 Å². The third kappa shape index (κ3) is 3.23. The van der Waals surface area contributed by atoms with Gasteiger partial charge in [0.25, 0.3) is 11.8 Å². The lowest BCUT2D eigenvalue weighted by Gasteiger charge is -2.15. The minimum atomic E-state index is -0.422. The molecule has 0 saturated heterocycles. The van der Waals surface area contributed by atoms with Gasteiger partial charge >= 0.3 is 6.03 Å². The summed E-state index contributed by atoms with van der Waals surface area (Å²) in [5.41, 5.74) is 1.19. The van der Waals surface area contributed by atoms with Crippen molar-refractivity contribution in [1.29, 1.82) is 0 Å². The number of aromatic nitrogens is 3. The number of hydrogen-bond acceptors (Lipinski definition) is 5. The topological polar surface area (TPSA) is 109 Å². The molecule has 0 spiro atoms. The minimum Gasteiger partial charge on any atom is -0.328 e. The zero-order valence-electron chi connectivity index (χ0n) is 15.8. The van der Waals surface area contributed by atoms with E-state index in [0.717, 1.165) is 25.8 Å². The number of anilines is 1. The summed E-state index contributed by atoms with van der Waals surface area (Å²) in [6.45, 7) is 4.65. The molecule has 0 unspecified atom stereocenters. The molecule has 0 radical (unpaired) electrons. The summed E-state index contributed by atoms with van der Waals surface area (Å²) in [4.78, 5) is 38.6. The number of nitrogens with one attached hydrogen (secondary N) is 2. The third-order valence-corrected chi connectivity index (χ3v) is 4.93. The molecule has 1 aromatic carbocycles. The predicted octanol–water partition coefficient (Wildman–Crippen LogP) is 2.33. The van der Waals surface area contributed by atoms with E-state index in [-0.39, 0.29) is 23.9 Å². The molecule has 1 aliphatic carbocycles. The number of nitrogens with zero attached hydrogens (tertiary/aromatic N) is 4. The number of hydrogen-bond donors (Lipinski definition) is 2. The number of carbonyl (C=O) groups is 3. The maximum Gasteiger partial charge on any atom is 0.319 e. The van der Waals surface area contributed by atoms with Crippen molar-refractivity contribution in [1.82, 2.24) is 25.0 Å². The third-order valence-electron chi connectivity index (χ3n) is 4.93. The Morgan fingerprint density at radius 3 is 2.71 bits per heavy atom. The highest BCUT2D eigenvalue weighted by Gasteiger charge is 2.44. The summed E-state index contributed by atoms with van der Waals surface area (Å²) in [6, 6.07) is 4.04. The molecule has 4 amide bonds. The Hall–Kier alpha value is -3.23. The van der Waals surface area contributed by atoms with Gasteiger partial charge in [-0.25, -0.2) is 4.79 Å². The van der Waals surface area contributed by atoms with Gasteiger partial charge in [-0.3, -0.25) is 14.5 Å². The van der Waals surface area contributed by atoms with Crippen LogP contribution < -0.4 is 10.6 Å². The molecule has 0 bridgehead atoms. The van der Waals surface area contributed by atoms with Crippen LogP contribution in [-0.2, 0) is 6.54 Å². The second kappa shape index (κ2) is 7.06. The molecule has 2 N–H and O–H groups in total. The lowest BCUT2D eigenvalue weighted by molar-refractivity contribution is 0.0642. The highest BCUT2D eigenvalue weighted by Crippen LogP contribution is 2.35. The second-order valence-corrected chi connectivity index (χ2v) is 7.17. The largest absolute Gasteiger partial charge is 0.328 e. The molecule has 1 saturated carbocycles. The minimum absolute atomic E-state index is 0.0217. The van der Waals surface area contributed by atoms with Crippen molar-refractivity contribution in [2.24, 2.45) is 0 Å². The van der Waals surface area contributed by atoms with E-state index in [2.05, 4.69) is 27.8 Å². The zero-order chi connectivity index (χ0) is 19.8. The van der Waals surface area contributed by atoms with Crippen LogP contribution in [0.15, 0.2) is 24.5 Å². The first kappa shape index (κ1) is 18.1. The molecule has 1 aliphatic heterocycles. The van der Waals surface area contributed by atoms with Gasteiger partial charge in [-0.2, -0.15) is 0 Å². The average molecular weight is 382 g/mol. The number of amides is 4. The molecule has 2 aromatic rings. The van der Waals surface area contributed by atoms with Gasteiger partial charge in [-0.15, -0.1) is 10.2 Å². The molecule has 146 valence electrons. The number of rotatable bonds is 6. The van der Waals surface area contributed by atoms with Crippen molar-refractivity contribution < 1.29 is 14.4 Å². The van der Waals surface area contributed by atoms with Gasteiger partial charge in [0.2, 0.25) is 0 Å². The van der Waals surface area contributed by atoms with Crippen molar-refractivity contribution in [2.75, 3.05) is 5.32 Å². The van der Waals surface area contributed by atoms with Crippen molar-refractivity contribution in [3.8, 4) is 0 Å². The van der Waals surface area contributed by atoms with E-state index >= 15 is 0 Å². The van der Waals surface area contributed by atoms with Crippen LogP contribution in [0.4, 0.5) is 10.5 Å². The van der Waals surface area contributed by atoms with Crippen LogP contribution in [0.1, 0.15) is 65.7 Å². The Bertz CT molecular complexity index is 949. The highest BCUT2D eigenvalue weighted by atomic mass is 16.2. The van der Waals surface area contributed by atoms with Gasteiger partial charge < -0.3 is 15.2 Å². The van der Waals surface area contributed by atoms with Gasteiger partial charge in [0, 0.05) is 18.3 Å². The van der Waals surface area contributed by atoms with E-state index < -0.39 is 6.03 Å². The molecule has 1 atom stereocenters. The van der Waals surface area contributed by atoms with Crippen LogP contribution in [0.2, 0.25) is 0 Å². The quantitative estimate of drug-likeness (QED) is 0.745. The summed E-state index contributed by atoms with van der Waals surface area (Å²) in [6.07, 6.45) is 4.30. The summed E-state index contributed by atoms with van der Waals surface area (Å²) in [5.74, 6) is 0.141. The highest BCUT2D eigenvalue weighted by molar-refractivity contribution is 6.22. The molecule has 9 nitrogen and oxygen atoms in total. The lowest BCUT2D eigenvalue weighted by atomic mass is 10.1. The van der Waals surface area contributed by atoms with Crippen molar-refractivity contribution in [3.05, 3.63) is 41.5 Å². The Labute approximate surface area is 162 Å². The normalized spacial score (nSPS) is 16.9. The van der Waals surface area contributed by atoms with Crippen molar-refractivity contribution in [2.45, 2.75) is 51.7 Å². The van der Waals surface area contributed by atoms with Crippen LogP contribution in [0.5, 0.6) is 0 Å². The molecular weight excluding hydrogens is 360 g/mol. The summed E-state index contributed by atoms with van der Waals surface area (Å²) in [5, 5.41) is 13.5. The fourth-order valence-corrected chi connectivity index (χ4v) is 3.44. The molecule has 9 heteroatoms. The van der Waals surface area contributed by atoms with E-state index in [4.69, 9.17) is 0 Å². The molecule has 1 aromatic heterocycles. The van der Waals surface area contributed by atoms with E-state index in [0.29, 0.717) is 22.6 Å². The van der Waals surface area contributed by atoms with Gasteiger partial charge in [0.1, 0.15) is 6.33 Å². The smallest absolute Gasteiger partial charge is 0.319 e. The number of aryl methyl sites for hydroxylation is 1. The van der Waals surface area contributed by atoms with Crippen LogP contribution in [0, 0.1) is 0 Å². The van der Waals surface area contributed by atoms with Gasteiger partial charge in [-0.1, -0.05) is 6.92 Å². The first-order chi connectivity index (χ1) is 13.5. The molecule has 2 aliphatic rings. The van der Waals surface area contributed by atoms with E-state index in [1.54, 1.807) is 24.5 Å². The number of carbonyl (C=O) groups excluding carboxylic acids is 3. The van der Waals surface area contributed by atoms with Crippen LogP contribution >= 0.6 is 0 Å². The first-order valence-corrected chi connectivity index (χ1v) is 9.46. The maximum absolute atomic E-state index is 12.5. The Morgan fingerprint density at radius 1 is 1.25 bits per heavy atom.